The zero-order chi connectivity index (χ0) is 15.2. The lowest BCUT2D eigenvalue weighted by molar-refractivity contribution is -0.128. The maximum Gasteiger partial charge on any atom is 0.318 e. The third kappa shape index (κ3) is 5.12. The van der Waals surface area contributed by atoms with Crippen molar-refractivity contribution < 1.29 is 9.59 Å². The van der Waals surface area contributed by atoms with Gasteiger partial charge in [-0.3, -0.25) is 4.79 Å². The molecule has 0 radical (unpaired) electrons. The zero-order valence-corrected chi connectivity index (χ0v) is 12.7. The zero-order valence-electron chi connectivity index (χ0n) is 12.7. The van der Waals surface area contributed by atoms with Crippen LogP contribution < -0.4 is 10.6 Å². The number of piperidine rings is 1. The van der Waals surface area contributed by atoms with Crippen LogP contribution in [0.15, 0.2) is 0 Å². The maximum atomic E-state index is 11.8. The molecule has 1 atom stereocenters. The van der Waals surface area contributed by atoms with Gasteiger partial charge in [0.2, 0.25) is 5.91 Å². The lowest BCUT2D eigenvalue weighted by Gasteiger charge is -2.33. The Morgan fingerprint density at radius 2 is 2.05 bits per heavy atom. The van der Waals surface area contributed by atoms with Crippen LogP contribution in [0, 0.1) is 23.7 Å². The van der Waals surface area contributed by atoms with E-state index in [1.165, 1.54) is 0 Å². The molecule has 0 aromatic heterocycles. The van der Waals surface area contributed by atoms with E-state index in [0.717, 1.165) is 19.4 Å². The van der Waals surface area contributed by atoms with E-state index in [4.69, 9.17) is 6.42 Å². The molecule has 1 aliphatic heterocycles. The Balaban J connectivity index is 2.40. The van der Waals surface area contributed by atoms with Crippen molar-refractivity contribution in [3.05, 3.63) is 0 Å². The number of terminal acetylenes is 1. The normalized spacial score (nSPS) is 19.1. The van der Waals surface area contributed by atoms with Crippen LogP contribution in [-0.4, -0.2) is 43.0 Å². The van der Waals surface area contributed by atoms with Crippen molar-refractivity contribution in [3.8, 4) is 12.3 Å². The van der Waals surface area contributed by atoms with Gasteiger partial charge in [-0.1, -0.05) is 26.7 Å². The monoisotopic (exact) mass is 279 g/mol. The molecule has 0 aliphatic carbocycles. The average Bonchev–Trinajstić information content (AvgIpc) is 2.41. The average molecular weight is 279 g/mol. The van der Waals surface area contributed by atoms with Crippen molar-refractivity contribution >= 4 is 11.9 Å². The summed E-state index contributed by atoms with van der Waals surface area (Å²) in [5, 5.41) is 5.64. The quantitative estimate of drug-likeness (QED) is 0.763. The summed E-state index contributed by atoms with van der Waals surface area (Å²) in [6, 6.07) is -0.116. The number of amides is 3. The second-order valence-electron chi connectivity index (χ2n) is 6.28. The summed E-state index contributed by atoms with van der Waals surface area (Å²) in [6.45, 7) is 7.96. The summed E-state index contributed by atoms with van der Waals surface area (Å²) in [5.74, 6) is 2.75. The molecule has 3 amide bonds. The highest BCUT2D eigenvalue weighted by molar-refractivity contribution is 5.81. The molecule has 1 heterocycles. The smallest absolute Gasteiger partial charge is 0.318 e. The largest absolute Gasteiger partial charge is 0.355 e. The minimum absolute atomic E-state index is 0.0476. The van der Waals surface area contributed by atoms with E-state index in [1.54, 1.807) is 4.90 Å². The van der Waals surface area contributed by atoms with Crippen molar-refractivity contribution in [2.24, 2.45) is 11.3 Å². The van der Waals surface area contributed by atoms with Gasteiger partial charge in [0.25, 0.3) is 0 Å². The Morgan fingerprint density at radius 1 is 1.35 bits per heavy atom. The fourth-order valence-corrected chi connectivity index (χ4v) is 2.16. The first kappa shape index (κ1) is 16.4. The van der Waals surface area contributed by atoms with Crippen molar-refractivity contribution in [3.63, 3.8) is 0 Å². The summed E-state index contributed by atoms with van der Waals surface area (Å²) in [4.78, 5) is 25.4. The van der Waals surface area contributed by atoms with E-state index in [9.17, 15) is 9.59 Å². The predicted octanol–water partition coefficient (Wildman–Crippen LogP) is 1.20. The fourth-order valence-electron chi connectivity index (χ4n) is 2.16. The summed E-state index contributed by atoms with van der Waals surface area (Å²) >= 11 is 0. The Hall–Kier alpha value is -1.70. The molecule has 1 rings (SSSR count). The Morgan fingerprint density at radius 3 is 2.65 bits per heavy atom. The molecule has 1 fully saturated rings. The Bertz CT molecular complexity index is 393. The Kier molecular flexibility index (Phi) is 5.87. The highest BCUT2D eigenvalue weighted by atomic mass is 16.2. The molecule has 20 heavy (non-hydrogen) atoms. The number of urea groups is 1. The van der Waals surface area contributed by atoms with Gasteiger partial charge in [-0.2, -0.15) is 0 Å². The number of carbonyl (C=O) groups excluding carboxylic acids is 2. The van der Waals surface area contributed by atoms with Crippen LogP contribution in [0.25, 0.3) is 0 Å². The minimum Gasteiger partial charge on any atom is -0.355 e. The van der Waals surface area contributed by atoms with Crippen molar-refractivity contribution in [1.29, 1.82) is 0 Å². The first-order chi connectivity index (χ1) is 9.34. The van der Waals surface area contributed by atoms with Gasteiger partial charge in [0.1, 0.15) is 0 Å². The van der Waals surface area contributed by atoms with Crippen LogP contribution >= 0.6 is 0 Å². The number of likely N-dealkylation sites (tertiary alicyclic amines) is 1. The van der Waals surface area contributed by atoms with Gasteiger partial charge in [0.05, 0.1) is 6.54 Å². The molecule has 0 spiro atoms. The SMILES string of the molecule is C#CCNC(=O)N1CCCC(CNC(=O)C(C)(C)C)C1. The van der Waals surface area contributed by atoms with Gasteiger partial charge in [-0.25, -0.2) is 4.79 Å². The van der Waals surface area contributed by atoms with E-state index < -0.39 is 0 Å². The molecule has 2 N–H and O–H groups in total. The number of carbonyl (C=O) groups is 2. The summed E-state index contributed by atoms with van der Waals surface area (Å²) in [6.07, 6.45) is 7.11. The Labute approximate surface area is 121 Å². The second kappa shape index (κ2) is 7.18. The van der Waals surface area contributed by atoms with Gasteiger partial charge < -0.3 is 15.5 Å². The first-order valence-electron chi connectivity index (χ1n) is 7.09. The van der Waals surface area contributed by atoms with Crippen molar-refractivity contribution in [2.45, 2.75) is 33.6 Å². The summed E-state index contributed by atoms with van der Waals surface area (Å²) in [7, 11) is 0. The second-order valence-corrected chi connectivity index (χ2v) is 6.28. The van der Waals surface area contributed by atoms with Gasteiger partial charge >= 0.3 is 6.03 Å². The molecule has 5 heteroatoms. The number of hydrogen-bond donors (Lipinski definition) is 2. The molecule has 1 unspecified atom stereocenters. The predicted molar refractivity (Wildman–Crippen MR) is 79.0 cm³/mol. The molecular formula is C15H25N3O2. The van der Waals surface area contributed by atoms with Crippen LogP contribution in [0.2, 0.25) is 0 Å². The maximum absolute atomic E-state index is 11.8. The molecule has 0 saturated carbocycles. The molecule has 0 aromatic rings. The number of hydrogen-bond acceptors (Lipinski definition) is 2. The number of nitrogens with one attached hydrogen (secondary N) is 2. The van der Waals surface area contributed by atoms with E-state index in [0.29, 0.717) is 19.0 Å². The molecule has 0 aromatic carbocycles. The van der Waals surface area contributed by atoms with Crippen LogP contribution in [0.3, 0.4) is 0 Å². The topological polar surface area (TPSA) is 61.4 Å². The summed E-state index contributed by atoms with van der Waals surface area (Å²) < 4.78 is 0. The van der Waals surface area contributed by atoms with Gasteiger partial charge in [-0.15, -0.1) is 6.42 Å². The highest BCUT2D eigenvalue weighted by Gasteiger charge is 2.26. The minimum atomic E-state index is -0.376. The third-order valence-corrected chi connectivity index (χ3v) is 3.38. The molecular weight excluding hydrogens is 254 g/mol. The van der Waals surface area contributed by atoms with Crippen LogP contribution in [0.5, 0.6) is 0 Å². The number of nitrogens with zero attached hydrogens (tertiary/aromatic N) is 1. The molecule has 112 valence electrons. The van der Waals surface area contributed by atoms with Crippen LogP contribution in [0.4, 0.5) is 4.79 Å². The van der Waals surface area contributed by atoms with E-state index in [-0.39, 0.29) is 23.9 Å². The molecule has 5 nitrogen and oxygen atoms in total. The third-order valence-electron chi connectivity index (χ3n) is 3.38. The van der Waals surface area contributed by atoms with E-state index in [1.807, 2.05) is 20.8 Å². The summed E-state index contributed by atoms with van der Waals surface area (Å²) in [5.41, 5.74) is -0.376. The molecule has 1 aliphatic rings. The van der Waals surface area contributed by atoms with Crippen LogP contribution in [-0.2, 0) is 4.79 Å². The highest BCUT2D eigenvalue weighted by Crippen LogP contribution is 2.17. The first-order valence-corrected chi connectivity index (χ1v) is 7.09. The van der Waals surface area contributed by atoms with Crippen molar-refractivity contribution in [1.82, 2.24) is 15.5 Å². The lowest BCUT2D eigenvalue weighted by Crippen LogP contribution is -2.48. The standard InChI is InChI=1S/C15H25N3O2/c1-5-8-16-14(20)18-9-6-7-12(11-18)10-17-13(19)15(2,3)4/h1,12H,6-11H2,2-4H3,(H,16,20)(H,17,19). The van der Waals surface area contributed by atoms with E-state index in [2.05, 4.69) is 16.6 Å². The fraction of sp³-hybridized carbons (Fsp3) is 0.733. The number of rotatable bonds is 3. The molecule has 1 saturated heterocycles. The van der Waals surface area contributed by atoms with Gasteiger partial charge in [0.15, 0.2) is 0 Å². The van der Waals surface area contributed by atoms with Gasteiger partial charge in [-0.05, 0) is 18.8 Å². The van der Waals surface area contributed by atoms with Crippen molar-refractivity contribution in [2.75, 3.05) is 26.2 Å². The van der Waals surface area contributed by atoms with Gasteiger partial charge in [0, 0.05) is 25.0 Å². The van der Waals surface area contributed by atoms with E-state index >= 15 is 0 Å². The van der Waals surface area contributed by atoms with Crippen LogP contribution in [0.1, 0.15) is 33.6 Å². The molecule has 0 bridgehead atoms. The lowest BCUT2D eigenvalue weighted by atomic mass is 9.94.